The molecule has 2 heterocycles. The molecule has 19 heavy (non-hydrogen) atoms. The molecule has 1 aliphatic heterocycles. The quantitative estimate of drug-likeness (QED) is 0.851. The fourth-order valence-corrected chi connectivity index (χ4v) is 3.14. The molecule has 1 fully saturated rings. The van der Waals surface area contributed by atoms with Crippen LogP contribution in [0.5, 0.6) is 0 Å². The molecule has 108 valence electrons. The van der Waals surface area contributed by atoms with Crippen molar-refractivity contribution in [2.75, 3.05) is 19.6 Å². The highest BCUT2D eigenvalue weighted by molar-refractivity contribution is 5.10. The van der Waals surface area contributed by atoms with Gasteiger partial charge in [-0.3, -0.25) is 9.58 Å². The molecule has 0 spiro atoms. The Kier molecular flexibility index (Phi) is 4.63. The van der Waals surface area contributed by atoms with Gasteiger partial charge in [0.25, 0.3) is 0 Å². The first kappa shape index (κ1) is 14.5. The Hall–Kier alpha value is -0.870. The zero-order valence-corrected chi connectivity index (χ0v) is 12.8. The molecular formula is C15H28N4. The van der Waals surface area contributed by atoms with Crippen LogP contribution >= 0.6 is 0 Å². The number of nitrogens with one attached hydrogen (secondary N) is 1. The molecule has 1 aliphatic rings. The molecule has 1 aromatic heterocycles. The van der Waals surface area contributed by atoms with Gasteiger partial charge in [-0.25, -0.2) is 0 Å². The van der Waals surface area contributed by atoms with E-state index in [4.69, 9.17) is 0 Å². The molecule has 0 aliphatic carbocycles. The lowest BCUT2D eigenvalue weighted by molar-refractivity contribution is 0.107. The third-order valence-electron chi connectivity index (χ3n) is 4.42. The highest BCUT2D eigenvalue weighted by Gasteiger charge is 2.36. The van der Waals surface area contributed by atoms with E-state index in [1.54, 1.807) is 0 Å². The molecule has 0 radical (unpaired) electrons. The summed E-state index contributed by atoms with van der Waals surface area (Å²) >= 11 is 0. The van der Waals surface area contributed by atoms with E-state index in [1.165, 1.54) is 31.5 Å². The summed E-state index contributed by atoms with van der Waals surface area (Å²) in [5.41, 5.74) is 1.52. The zero-order chi connectivity index (χ0) is 13.9. The van der Waals surface area contributed by atoms with E-state index in [0.29, 0.717) is 6.04 Å². The Morgan fingerprint density at radius 3 is 2.58 bits per heavy atom. The third kappa shape index (κ3) is 3.37. The van der Waals surface area contributed by atoms with E-state index < -0.39 is 0 Å². The highest BCUT2D eigenvalue weighted by Crippen LogP contribution is 2.26. The largest absolute Gasteiger partial charge is 0.312 e. The number of nitrogens with zero attached hydrogens (tertiary/aromatic N) is 3. The van der Waals surface area contributed by atoms with Crippen molar-refractivity contribution in [3.05, 3.63) is 18.0 Å². The van der Waals surface area contributed by atoms with Gasteiger partial charge in [-0.1, -0.05) is 6.92 Å². The summed E-state index contributed by atoms with van der Waals surface area (Å²) in [6, 6.07) is 0.472. The number of aromatic nitrogens is 2. The van der Waals surface area contributed by atoms with Crippen LogP contribution in [-0.2, 0) is 13.5 Å². The van der Waals surface area contributed by atoms with Gasteiger partial charge < -0.3 is 5.32 Å². The van der Waals surface area contributed by atoms with Crippen molar-refractivity contribution in [1.29, 1.82) is 0 Å². The summed E-state index contributed by atoms with van der Waals surface area (Å²) in [5, 5.41) is 7.96. The molecule has 1 N–H and O–H groups in total. The van der Waals surface area contributed by atoms with E-state index in [2.05, 4.69) is 42.3 Å². The van der Waals surface area contributed by atoms with Gasteiger partial charge in [-0.2, -0.15) is 5.10 Å². The molecule has 2 rings (SSSR count). The lowest BCUT2D eigenvalue weighted by Crippen LogP contribution is -2.57. The summed E-state index contributed by atoms with van der Waals surface area (Å²) < 4.78 is 1.89. The SMILES string of the molecule is CCNC(Cc1cnn(C)c1)C(C)(C)N1CCCC1. The number of rotatable bonds is 6. The molecule has 1 aromatic rings. The first-order valence-corrected chi connectivity index (χ1v) is 7.50. The second-order valence-corrected chi connectivity index (χ2v) is 6.18. The van der Waals surface area contributed by atoms with E-state index in [9.17, 15) is 0 Å². The van der Waals surface area contributed by atoms with E-state index >= 15 is 0 Å². The summed E-state index contributed by atoms with van der Waals surface area (Å²) in [7, 11) is 1.98. The fraction of sp³-hybridized carbons (Fsp3) is 0.800. The topological polar surface area (TPSA) is 33.1 Å². The minimum atomic E-state index is 0.197. The monoisotopic (exact) mass is 264 g/mol. The molecule has 4 nitrogen and oxygen atoms in total. The Labute approximate surface area is 117 Å². The highest BCUT2D eigenvalue weighted by atomic mass is 15.2. The van der Waals surface area contributed by atoms with E-state index in [0.717, 1.165) is 13.0 Å². The van der Waals surface area contributed by atoms with Gasteiger partial charge in [0.1, 0.15) is 0 Å². The molecule has 0 saturated carbocycles. The van der Waals surface area contributed by atoms with Gasteiger partial charge in [-0.05, 0) is 58.3 Å². The predicted octanol–water partition coefficient (Wildman–Crippen LogP) is 1.82. The van der Waals surface area contributed by atoms with Crippen molar-refractivity contribution in [1.82, 2.24) is 20.0 Å². The smallest absolute Gasteiger partial charge is 0.0522 e. The number of hydrogen-bond acceptors (Lipinski definition) is 3. The Morgan fingerprint density at radius 1 is 1.37 bits per heavy atom. The number of hydrogen-bond donors (Lipinski definition) is 1. The Balaban J connectivity index is 2.09. The predicted molar refractivity (Wildman–Crippen MR) is 79.3 cm³/mol. The summed E-state index contributed by atoms with van der Waals surface area (Å²) in [6.07, 6.45) is 7.85. The first-order chi connectivity index (χ1) is 9.04. The van der Waals surface area contributed by atoms with E-state index in [-0.39, 0.29) is 5.54 Å². The second-order valence-electron chi connectivity index (χ2n) is 6.18. The molecule has 4 heteroatoms. The standard InChI is InChI=1S/C15H28N4/c1-5-16-14(10-13-11-17-18(4)12-13)15(2,3)19-8-6-7-9-19/h11-12,14,16H,5-10H2,1-4H3. The van der Waals surface area contributed by atoms with Gasteiger partial charge >= 0.3 is 0 Å². The fourth-order valence-electron chi connectivity index (χ4n) is 3.14. The maximum Gasteiger partial charge on any atom is 0.0522 e. The maximum atomic E-state index is 4.28. The van der Waals surface area contributed by atoms with Crippen molar-refractivity contribution in [2.45, 2.75) is 51.6 Å². The normalized spacial score (nSPS) is 18.9. The van der Waals surface area contributed by atoms with Crippen LogP contribution < -0.4 is 5.32 Å². The number of likely N-dealkylation sites (tertiary alicyclic amines) is 1. The minimum Gasteiger partial charge on any atom is -0.312 e. The molecule has 1 atom stereocenters. The second kappa shape index (κ2) is 6.06. The molecule has 0 bridgehead atoms. The van der Waals surface area contributed by atoms with E-state index in [1.807, 2.05) is 17.9 Å². The maximum absolute atomic E-state index is 4.28. The summed E-state index contributed by atoms with van der Waals surface area (Å²) in [6.45, 7) is 10.4. The zero-order valence-electron chi connectivity index (χ0n) is 12.8. The van der Waals surface area contributed by atoms with Gasteiger partial charge in [0, 0.05) is 24.8 Å². The van der Waals surface area contributed by atoms with Gasteiger partial charge in [0.05, 0.1) is 6.20 Å². The van der Waals surface area contributed by atoms with Gasteiger partial charge in [0.15, 0.2) is 0 Å². The van der Waals surface area contributed by atoms with Crippen molar-refractivity contribution < 1.29 is 0 Å². The van der Waals surface area contributed by atoms with Crippen molar-refractivity contribution in [3.63, 3.8) is 0 Å². The Morgan fingerprint density at radius 2 is 2.05 bits per heavy atom. The molecule has 1 saturated heterocycles. The molecule has 0 amide bonds. The van der Waals surface area contributed by atoms with Crippen LogP contribution in [0, 0.1) is 0 Å². The summed E-state index contributed by atoms with van der Waals surface area (Å²) in [5.74, 6) is 0. The minimum absolute atomic E-state index is 0.197. The van der Waals surface area contributed by atoms with Crippen molar-refractivity contribution in [3.8, 4) is 0 Å². The van der Waals surface area contributed by atoms with Crippen molar-refractivity contribution in [2.24, 2.45) is 7.05 Å². The van der Waals surface area contributed by atoms with Crippen LogP contribution in [0.4, 0.5) is 0 Å². The lowest BCUT2D eigenvalue weighted by atomic mass is 9.88. The van der Waals surface area contributed by atoms with Crippen LogP contribution in [-0.4, -0.2) is 45.9 Å². The van der Waals surface area contributed by atoms with Crippen LogP contribution in [0.1, 0.15) is 39.2 Å². The van der Waals surface area contributed by atoms with Crippen LogP contribution in [0.25, 0.3) is 0 Å². The summed E-state index contributed by atoms with van der Waals surface area (Å²) in [4.78, 5) is 2.64. The molecular weight excluding hydrogens is 236 g/mol. The van der Waals surface area contributed by atoms with Crippen molar-refractivity contribution >= 4 is 0 Å². The van der Waals surface area contributed by atoms with Crippen LogP contribution in [0.2, 0.25) is 0 Å². The third-order valence-corrected chi connectivity index (χ3v) is 4.42. The molecule has 1 unspecified atom stereocenters. The lowest BCUT2D eigenvalue weighted by Gasteiger charge is -2.42. The number of likely N-dealkylation sites (N-methyl/N-ethyl adjacent to an activating group) is 1. The Bertz CT molecular complexity index is 391. The van der Waals surface area contributed by atoms with Gasteiger partial charge in [0.2, 0.25) is 0 Å². The molecule has 0 aromatic carbocycles. The van der Waals surface area contributed by atoms with Gasteiger partial charge in [-0.15, -0.1) is 0 Å². The average Bonchev–Trinajstić information content (AvgIpc) is 3.00. The van der Waals surface area contributed by atoms with Crippen LogP contribution in [0.3, 0.4) is 0 Å². The average molecular weight is 264 g/mol. The van der Waals surface area contributed by atoms with Crippen LogP contribution in [0.15, 0.2) is 12.4 Å². The first-order valence-electron chi connectivity index (χ1n) is 7.50. The number of aryl methyl sites for hydroxylation is 1.